The summed E-state index contributed by atoms with van der Waals surface area (Å²) in [6.07, 6.45) is 4.60. The molecule has 41 heavy (non-hydrogen) atoms. The van der Waals surface area contributed by atoms with Gasteiger partial charge in [0.2, 0.25) is 11.8 Å². The van der Waals surface area contributed by atoms with Gasteiger partial charge in [-0.25, -0.2) is 18.7 Å². The summed E-state index contributed by atoms with van der Waals surface area (Å²) in [5.41, 5.74) is 1.99. The highest BCUT2D eigenvalue weighted by Gasteiger charge is 2.07. The summed E-state index contributed by atoms with van der Waals surface area (Å²) < 4.78 is 26.0. The fraction of sp³-hybridized carbons (Fsp3) is 0.125. The monoisotopic (exact) mass is 570 g/mol. The van der Waals surface area contributed by atoms with Crippen molar-refractivity contribution in [1.82, 2.24) is 9.97 Å². The molecule has 0 bridgehead atoms. The summed E-state index contributed by atoms with van der Waals surface area (Å²) >= 11 is 5.84. The minimum atomic E-state index is -0.803. The van der Waals surface area contributed by atoms with Gasteiger partial charge in [0, 0.05) is 54.9 Å². The van der Waals surface area contributed by atoms with Crippen LogP contribution < -0.4 is 10.6 Å². The van der Waals surface area contributed by atoms with Crippen molar-refractivity contribution < 1.29 is 18.4 Å². The highest BCUT2D eigenvalue weighted by molar-refractivity contribution is 6.30. The molecule has 2 aromatic carbocycles. The zero-order valence-corrected chi connectivity index (χ0v) is 22.6. The van der Waals surface area contributed by atoms with Gasteiger partial charge in [-0.3, -0.25) is 9.59 Å². The number of benzene rings is 2. The predicted octanol–water partition coefficient (Wildman–Crippen LogP) is 6.64. The molecule has 2 aromatic heterocycles. The predicted molar refractivity (Wildman–Crippen MR) is 156 cm³/mol. The van der Waals surface area contributed by atoms with E-state index < -0.39 is 11.6 Å². The summed E-state index contributed by atoms with van der Waals surface area (Å²) in [4.78, 5) is 31.4. The number of nitrogens with one attached hydrogen (secondary N) is 2. The molecule has 0 radical (unpaired) electrons. The zero-order valence-electron chi connectivity index (χ0n) is 21.8. The van der Waals surface area contributed by atoms with Crippen LogP contribution in [-0.2, 0) is 9.59 Å². The first-order valence-electron chi connectivity index (χ1n) is 12.5. The molecule has 0 saturated heterocycles. The van der Waals surface area contributed by atoms with Crippen molar-refractivity contribution in [3.05, 3.63) is 119 Å². The summed E-state index contributed by atoms with van der Waals surface area (Å²) in [7, 11) is 0. The average molecular weight is 571 g/mol. The summed E-state index contributed by atoms with van der Waals surface area (Å²) in [6.45, 7) is 0. The maximum atomic E-state index is 13.3. The molecule has 6 nitrogen and oxygen atoms in total. The SMILES string of the molecule is O=C(CCC#Cc1ccccn1)Nc1ccc(F)cc1F.O=C(CCC#Cc1ccccn1)Nc1cccc(Cl)c1. The lowest BCUT2D eigenvalue weighted by Crippen LogP contribution is -2.12. The van der Waals surface area contributed by atoms with Crippen LogP contribution in [0.25, 0.3) is 0 Å². The second kappa shape index (κ2) is 16.8. The van der Waals surface area contributed by atoms with Crippen molar-refractivity contribution in [1.29, 1.82) is 0 Å². The molecule has 0 aliphatic carbocycles. The van der Waals surface area contributed by atoms with E-state index in [0.29, 0.717) is 41.4 Å². The molecule has 0 saturated carbocycles. The molecule has 9 heteroatoms. The number of carbonyl (C=O) groups is 2. The minimum Gasteiger partial charge on any atom is -0.326 e. The van der Waals surface area contributed by atoms with Gasteiger partial charge in [-0.15, -0.1) is 0 Å². The van der Waals surface area contributed by atoms with E-state index in [-0.39, 0.29) is 23.9 Å². The first-order chi connectivity index (χ1) is 19.9. The topological polar surface area (TPSA) is 84.0 Å². The van der Waals surface area contributed by atoms with Crippen LogP contribution in [0.5, 0.6) is 0 Å². The van der Waals surface area contributed by atoms with Gasteiger partial charge in [-0.2, -0.15) is 0 Å². The first-order valence-corrected chi connectivity index (χ1v) is 12.9. The molecule has 0 fully saturated rings. The molecule has 0 atom stereocenters. The molecule has 2 heterocycles. The molecule has 0 spiro atoms. The Balaban J connectivity index is 0.000000226. The van der Waals surface area contributed by atoms with Gasteiger partial charge < -0.3 is 10.6 Å². The number of rotatable bonds is 6. The third-order valence-electron chi connectivity index (χ3n) is 5.03. The van der Waals surface area contributed by atoms with E-state index in [1.165, 1.54) is 6.07 Å². The van der Waals surface area contributed by atoms with Gasteiger partial charge in [0.05, 0.1) is 5.69 Å². The number of hydrogen-bond acceptors (Lipinski definition) is 4. The van der Waals surface area contributed by atoms with Gasteiger partial charge in [0.25, 0.3) is 0 Å². The standard InChI is InChI=1S/C16H13ClN2O.C16H12F2N2O/c17-13-6-5-9-15(12-13)19-16(20)10-2-1-7-14-8-3-4-11-18-14;17-12-8-9-15(14(18)11-12)20-16(21)7-2-1-5-13-6-3-4-10-19-13/h3-6,8-9,11-12H,2,10H2,(H,19,20);3-4,6,8-11H,2,7H2,(H,20,21). The van der Waals surface area contributed by atoms with Crippen molar-refractivity contribution in [2.24, 2.45) is 0 Å². The smallest absolute Gasteiger partial charge is 0.225 e. The third-order valence-corrected chi connectivity index (χ3v) is 5.27. The Kier molecular flexibility index (Phi) is 12.5. The van der Waals surface area contributed by atoms with E-state index in [1.807, 2.05) is 24.3 Å². The number of anilines is 2. The van der Waals surface area contributed by atoms with Gasteiger partial charge in [0.15, 0.2) is 0 Å². The lowest BCUT2D eigenvalue weighted by molar-refractivity contribution is -0.116. The maximum absolute atomic E-state index is 13.3. The van der Waals surface area contributed by atoms with Crippen LogP contribution >= 0.6 is 11.6 Å². The largest absolute Gasteiger partial charge is 0.326 e. The Hall–Kier alpha value is -5.05. The number of aromatic nitrogens is 2. The molecule has 0 aliphatic rings. The number of nitrogens with zero attached hydrogens (tertiary/aromatic N) is 2. The van der Waals surface area contributed by atoms with E-state index in [4.69, 9.17) is 11.6 Å². The van der Waals surface area contributed by atoms with Crippen molar-refractivity contribution in [3.8, 4) is 23.7 Å². The fourth-order valence-corrected chi connectivity index (χ4v) is 3.32. The van der Waals surface area contributed by atoms with Crippen molar-refractivity contribution in [2.45, 2.75) is 25.7 Å². The van der Waals surface area contributed by atoms with Crippen molar-refractivity contribution >= 4 is 34.8 Å². The van der Waals surface area contributed by atoms with Gasteiger partial charge in [0.1, 0.15) is 23.0 Å². The Morgan fingerprint density at radius 3 is 1.88 bits per heavy atom. The van der Waals surface area contributed by atoms with Crippen LogP contribution in [0.15, 0.2) is 91.3 Å². The van der Waals surface area contributed by atoms with Crippen molar-refractivity contribution in [2.75, 3.05) is 10.6 Å². The number of hydrogen-bond donors (Lipinski definition) is 2. The third kappa shape index (κ3) is 12.1. The highest BCUT2D eigenvalue weighted by Crippen LogP contribution is 2.16. The van der Waals surface area contributed by atoms with Gasteiger partial charge in [-0.05, 0) is 66.4 Å². The van der Waals surface area contributed by atoms with Crippen LogP contribution in [0, 0.1) is 35.3 Å². The molecular formula is C32H25ClF2N4O2. The Morgan fingerprint density at radius 2 is 1.34 bits per heavy atom. The van der Waals surface area contributed by atoms with E-state index in [0.717, 1.165) is 12.1 Å². The Morgan fingerprint density at radius 1 is 0.732 bits per heavy atom. The van der Waals surface area contributed by atoms with E-state index in [2.05, 4.69) is 44.3 Å². The lowest BCUT2D eigenvalue weighted by atomic mass is 10.2. The maximum Gasteiger partial charge on any atom is 0.225 e. The normalized spacial score (nSPS) is 9.54. The molecular weight excluding hydrogens is 546 g/mol. The molecule has 0 unspecified atom stereocenters. The molecule has 206 valence electrons. The van der Waals surface area contributed by atoms with Crippen molar-refractivity contribution in [3.63, 3.8) is 0 Å². The van der Waals surface area contributed by atoms with Gasteiger partial charge in [-0.1, -0.05) is 41.6 Å². The molecule has 2 N–H and O–H groups in total. The number of pyridine rings is 2. The number of halogens is 3. The summed E-state index contributed by atoms with van der Waals surface area (Å²) in [5, 5.41) is 5.74. The quantitative estimate of drug-likeness (QED) is 0.255. The summed E-state index contributed by atoms with van der Waals surface area (Å²) in [6, 6.07) is 21.0. The Labute approximate surface area is 242 Å². The highest BCUT2D eigenvalue weighted by atomic mass is 35.5. The minimum absolute atomic E-state index is 0.0425. The van der Waals surface area contributed by atoms with Crippen LogP contribution in [0.2, 0.25) is 5.02 Å². The second-order valence-corrected chi connectivity index (χ2v) is 8.70. The number of carbonyl (C=O) groups excluding carboxylic acids is 2. The van der Waals surface area contributed by atoms with E-state index in [1.54, 1.807) is 48.8 Å². The molecule has 4 rings (SSSR count). The van der Waals surface area contributed by atoms with Gasteiger partial charge >= 0.3 is 0 Å². The van der Waals surface area contributed by atoms with Crippen LogP contribution in [0.4, 0.5) is 20.2 Å². The Bertz CT molecular complexity index is 1580. The average Bonchev–Trinajstić information content (AvgIpc) is 2.96. The second-order valence-electron chi connectivity index (χ2n) is 8.26. The summed E-state index contributed by atoms with van der Waals surface area (Å²) in [5.74, 6) is 9.52. The van der Waals surface area contributed by atoms with E-state index >= 15 is 0 Å². The van der Waals surface area contributed by atoms with Crippen LogP contribution in [0.3, 0.4) is 0 Å². The van der Waals surface area contributed by atoms with Crippen LogP contribution in [0.1, 0.15) is 37.1 Å². The molecule has 4 aromatic rings. The first kappa shape index (κ1) is 30.5. The molecule has 0 aliphatic heterocycles. The lowest BCUT2D eigenvalue weighted by Gasteiger charge is -2.04. The molecule has 2 amide bonds. The zero-order chi connectivity index (χ0) is 29.3. The van der Waals surface area contributed by atoms with Crippen LogP contribution in [-0.4, -0.2) is 21.8 Å². The fourth-order valence-electron chi connectivity index (χ4n) is 3.12. The van der Waals surface area contributed by atoms with E-state index in [9.17, 15) is 18.4 Å². The number of amides is 2.